The molecule has 1 unspecified atom stereocenters. The average molecular weight is 263 g/mol. The molecule has 0 aromatic carbocycles. The van der Waals surface area contributed by atoms with Crippen molar-refractivity contribution in [3.63, 3.8) is 0 Å². The van der Waals surface area contributed by atoms with Crippen molar-refractivity contribution in [2.24, 2.45) is 18.9 Å². The van der Waals surface area contributed by atoms with Gasteiger partial charge in [0.15, 0.2) is 5.65 Å². The van der Waals surface area contributed by atoms with Gasteiger partial charge in [-0.2, -0.15) is 5.10 Å². The zero-order valence-corrected chi connectivity index (χ0v) is 12.6. The number of aromatic nitrogens is 4. The Kier molecular flexibility index (Phi) is 3.83. The van der Waals surface area contributed by atoms with Crippen LogP contribution in [0.25, 0.3) is 11.2 Å². The molecule has 19 heavy (non-hydrogen) atoms. The van der Waals surface area contributed by atoms with Gasteiger partial charge in [0.05, 0.1) is 5.69 Å². The maximum Gasteiger partial charge on any atom is 0.202 e. The molecule has 5 nitrogen and oxygen atoms in total. The molecule has 0 radical (unpaired) electrons. The number of anilines is 1. The number of rotatable bonds is 5. The molecule has 0 saturated carbocycles. The molecular weight excluding hydrogens is 238 g/mol. The van der Waals surface area contributed by atoms with E-state index < -0.39 is 0 Å². The first-order valence-corrected chi connectivity index (χ1v) is 7.13. The lowest BCUT2D eigenvalue weighted by molar-refractivity contribution is 0.369. The van der Waals surface area contributed by atoms with E-state index in [9.17, 15) is 0 Å². The summed E-state index contributed by atoms with van der Waals surface area (Å²) in [6.45, 7) is 9.77. The van der Waals surface area contributed by atoms with Crippen molar-refractivity contribution < 1.29 is 0 Å². The van der Waals surface area contributed by atoms with Crippen LogP contribution in [0.15, 0.2) is 0 Å². The van der Waals surface area contributed by atoms with Crippen molar-refractivity contribution in [1.82, 2.24) is 19.3 Å². The largest absolute Gasteiger partial charge is 0.369 e. The Balaban J connectivity index is 2.46. The lowest BCUT2D eigenvalue weighted by Crippen LogP contribution is -2.16. The summed E-state index contributed by atoms with van der Waals surface area (Å²) in [5.41, 5.74) is 9.17. The summed E-state index contributed by atoms with van der Waals surface area (Å²) in [6.07, 6.45) is 2.02. The fourth-order valence-electron chi connectivity index (χ4n) is 2.34. The van der Waals surface area contributed by atoms with Crippen LogP contribution in [-0.4, -0.2) is 19.3 Å². The van der Waals surface area contributed by atoms with Crippen molar-refractivity contribution >= 4 is 17.1 Å². The van der Waals surface area contributed by atoms with Crippen LogP contribution in [0.5, 0.6) is 0 Å². The summed E-state index contributed by atoms with van der Waals surface area (Å²) in [6, 6.07) is 0. The first-order chi connectivity index (χ1) is 8.95. The number of nitrogens with two attached hydrogens (primary N) is 1. The molecule has 0 amide bonds. The number of nitrogens with zero attached hydrogens (tertiary/aromatic N) is 4. The van der Waals surface area contributed by atoms with E-state index in [-0.39, 0.29) is 0 Å². The predicted molar refractivity (Wildman–Crippen MR) is 78.9 cm³/mol. The summed E-state index contributed by atoms with van der Waals surface area (Å²) in [5, 5.41) is 4.57. The molecule has 2 aromatic heterocycles. The topological polar surface area (TPSA) is 61.7 Å². The van der Waals surface area contributed by atoms with Gasteiger partial charge in [-0.1, -0.05) is 34.1 Å². The van der Waals surface area contributed by atoms with Crippen molar-refractivity contribution in [1.29, 1.82) is 0 Å². The Morgan fingerprint density at radius 1 is 1.26 bits per heavy atom. The van der Waals surface area contributed by atoms with Gasteiger partial charge in [-0.3, -0.25) is 9.25 Å². The third-order valence-electron chi connectivity index (χ3n) is 3.92. The average Bonchev–Trinajstić information content (AvgIpc) is 2.80. The Morgan fingerprint density at radius 3 is 2.53 bits per heavy atom. The molecule has 106 valence electrons. The standard InChI is InChI=1S/C14H25N5/c1-6-7-11-12-13(18(5)17-11)19(14(15)16-12)8-10(4)9(2)3/h9-10H,6-8H2,1-5H3,(H2,15,16). The lowest BCUT2D eigenvalue weighted by atomic mass is 9.98. The van der Waals surface area contributed by atoms with Crippen LogP contribution >= 0.6 is 0 Å². The minimum absolute atomic E-state index is 0.559. The summed E-state index contributed by atoms with van der Waals surface area (Å²) in [7, 11) is 1.97. The van der Waals surface area contributed by atoms with Crippen LogP contribution in [0.3, 0.4) is 0 Å². The van der Waals surface area contributed by atoms with E-state index in [1.165, 1.54) is 0 Å². The third kappa shape index (κ3) is 2.46. The number of hydrogen-bond donors (Lipinski definition) is 1. The predicted octanol–water partition coefficient (Wildman–Crippen LogP) is 2.60. The molecule has 0 aliphatic rings. The highest BCUT2D eigenvalue weighted by atomic mass is 15.3. The smallest absolute Gasteiger partial charge is 0.202 e. The van der Waals surface area contributed by atoms with Gasteiger partial charge in [-0.25, -0.2) is 4.98 Å². The molecule has 2 N–H and O–H groups in total. The van der Waals surface area contributed by atoms with Gasteiger partial charge in [-0.15, -0.1) is 0 Å². The quantitative estimate of drug-likeness (QED) is 0.902. The molecule has 0 spiro atoms. The Labute approximate surface area is 114 Å². The SMILES string of the molecule is CCCc1nn(C)c2c1nc(N)n2CC(C)C(C)C. The molecule has 2 rings (SSSR count). The van der Waals surface area contributed by atoms with E-state index in [1.807, 2.05) is 11.7 Å². The van der Waals surface area contributed by atoms with Crippen molar-refractivity contribution in [2.45, 2.75) is 47.1 Å². The van der Waals surface area contributed by atoms with Gasteiger partial charge >= 0.3 is 0 Å². The second-order valence-electron chi connectivity index (χ2n) is 5.79. The van der Waals surface area contributed by atoms with Gasteiger partial charge in [-0.05, 0) is 18.3 Å². The van der Waals surface area contributed by atoms with Crippen molar-refractivity contribution in [3.8, 4) is 0 Å². The van der Waals surface area contributed by atoms with E-state index in [2.05, 4.69) is 42.3 Å². The minimum Gasteiger partial charge on any atom is -0.369 e. The highest BCUT2D eigenvalue weighted by Gasteiger charge is 2.19. The second-order valence-corrected chi connectivity index (χ2v) is 5.79. The molecule has 0 aliphatic heterocycles. The number of imidazole rings is 1. The van der Waals surface area contributed by atoms with Gasteiger partial charge < -0.3 is 5.73 Å². The normalized spacial score (nSPS) is 13.6. The Bertz CT molecular complexity index is 564. The number of fused-ring (bicyclic) bond motifs is 1. The van der Waals surface area contributed by atoms with Gasteiger partial charge in [0, 0.05) is 13.6 Å². The fourth-order valence-corrected chi connectivity index (χ4v) is 2.34. The Hall–Kier alpha value is -1.52. The number of aryl methyl sites for hydroxylation is 2. The molecule has 5 heteroatoms. The monoisotopic (exact) mass is 263 g/mol. The molecule has 0 aliphatic carbocycles. The van der Waals surface area contributed by atoms with E-state index in [0.29, 0.717) is 17.8 Å². The zero-order chi connectivity index (χ0) is 14.2. The first kappa shape index (κ1) is 13.9. The summed E-state index contributed by atoms with van der Waals surface area (Å²) >= 11 is 0. The minimum atomic E-state index is 0.559. The van der Waals surface area contributed by atoms with Crippen LogP contribution < -0.4 is 5.73 Å². The fraction of sp³-hybridized carbons (Fsp3) is 0.714. The van der Waals surface area contributed by atoms with E-state index in [4.69, 9.17) is 5.73 Å². The van der Waals surface area contributed by atoms with Crippen molar-refractivity contribution in [2.75, 3.05) is 5.73 Å². The maximum atomic E-state index is 6.09. The highest BCUT2D eigenvalue weighted by molar-refractivity contribution is 5.77. The number of hydrogen-bond acceptors (Lipinski definition) is 3. The second kappa shape index (κ2) is 5.23. The van der Waals surface area contributed by atoms with Crippen LogP contribution in [0, 0.1) is 11.8 Å². The summed E-state index contributed by atoms with van der Waals surface area (Å²) < 4.78 is 4.02. The molecule has 1 atom stereocenters. The summed E-state index contributed by atoms with van der Waals surface area (Å²) in [5.74, 6) is 1.79. The first-order valence-electron chi connectivity index (χ1n) is 7.13. The molecular formula is C14H25N5. The zero-order valence-electron chi connectivity index (χ0n) is 12.6. The van der Waals surface area contributed by atoms with E-state index in [1.54, 1.807) is 0 Å². The van der Waals surface area contributed by atoms with Crippen LogP contribution in [0.4, 0.5) is 5.95 Å². The highest BCUT2D eigenvalue weighted by Crippen LogP contribution is 2.24. The third-order valence-corrected chi connectivity index (χ3v) is 3.92. The van der Waals surface area contributed by atoms with E-state index in [0.717, 1.165) is 36.2 Å². The van der Waals surface area contributed by atoms with Gasteiger partial charge in [0.25, 0.3) is 0 Å². The number of nitrogen functional groups attached to an aromatic ring is 1. The van der Waals surface area contributed by atoms with E-state index >= 15 is 0 Å². The van der Waals surface area contributed by atoms with Crippen LogP contribution in [0.1, 0.15) is 39.8 Å². The molecule has 0 saturated heterocycles. The van der Waals surface area contributed by atoms with Gasteiger partial charge in [0.2, 0.25) is 5.95 Å². The molecule has 0 fully saturated rings. The summed E-state index contributed by atoms with van der Waals surface area (Å²) in [4.78, 5) is 4.52. The van der Waals surface area contributed by atoms with Crippen molar-refractivity contribution in [3.05, 3.63) is 5.69 Å². The molecule has 0 bridgehead atoms. The Morgan fingerprint density at radius 2 is 1.95 bits per heavy atom. The molecule has 2 aromatic rings. The lowest BCUT2D eigenvalue weighted by Gasteiger charge is -2.17. The van der Waals surface area contributed by atoms with Crippen LogP contribution in [0.2, 0.25) is 0 Å². The van der Waals surface area contributed by atoms with Crippen LogP contribution in [-0.2, 0) is 20.0 Å². The maximum absolute atomic E-state index is 6.09. The van der Waals surface area contributed by atoms with Gasteiger partial charge in [0.1, 0.15) is 5.52 Å². The molecule has 2 heterocycles.